The molecule has 1 heterocycles. The van der Waals surface area contributed by atoms with Gasteiger partial charge in [-0.15, -0.1) is 11.3 Å². The van der Waals surface area contributed by atoms with Crippen molar-refractivity contribution in [2.75, 3.05) is 18.6 Å². The summed E-state index contributed by atoms with van der Waals surface area (Å²) in [6.45, 7) is 1.34. The molecule has 2 rings (SSSR count). The van der Waals surface area contributed by atoms with Gasteiger partial charge in [-0.05, 0) is 55.1 Å². The largest absolute Gasteiger partial charge is 0.497 e. The number of amides is 1. The van der Waals surface area contributed by atoms with Crippen LogP contribution in [0.25, 0.3) is 0 Å². The van der Waals surface area contributed by atoms with Crippen molar-refractivity contribution in [1.82, 2.24) is 0 Å². The molecular formula is C19H26N2O2S. The molecule has 0 aliphatic carbocycles. The lowest BCUT2D eigenvalue weighted by atomic mass is 10.1. The molecule has 2 N–H and O–H groups in total. The third-order valence-electron chi connectivity index (χ3n) is 3.92. The van der Waals surface area contributed by atoms with Gasteiger partial charge in [0.25, 0.3) is 0 Å². The number of anilines is 1. The summed E-state index contributed by atoms with van der Waals surface area (Å²) in [5, 5.41) is 2.04. The van der Waals surface area contributed by atoms with Crippen LogP contribution in [0.2, 0.25) is 0 Å². The molecule has 130 valence electrons. The van der Waals surface area contributed by atoms with Crippen LogP contribution in [0.5, 0.6) is 5.75 Å². The second-order valence-corrected chi connectivity index (χ2v) is 6.74. The first-order valence-electron chi connectivity index (χ1n) is 8.41. The Labute approximate surface area is 148 Å². The number of unbranched alkanes of at least 4 members (excludes halogenated alkanes) is 3. The molecule has 5 heteroatoms. The lowest BCUT2D eigenvalue weighted by Gasteiger charge is -2.22. The van der Waals surface area contributed by atoms with Crippen molar-refractivity contribution in [1.29, 1.82) is 0 Å². The van der Waals surface area contributed by atoms with Gasteiger partial charge in [0.1, 0.15) is 5.75 Å². The molecule has 0 bridgehead atoms. The monoisotopic (exact) mass is 346 g/mol. The van der Waals surface area contributed by atoms with Gasteiger partial charge in [0.05, 0.1) is 13.7 Å². The Morgan fingerprint density at radius 1 is 1.12 bits per heavy atom. The van der Waals surface area contributed by atoms with E-state index in [9.17, 15) is 4.79 Å². The minimum absolute atomic E-state index is 0.168. The van der Waals surface area contributed by atoms with Crippen molar-refractivity contribution < 1.29 is 9.53 Å². The maximum absolute atomic E-state index is 12.7. The maximum atomic E-state index is 12.7. The predicted octanol–water partition coefficient (Wildman–Crippen LogP) is 4.20. The first-order valence-corrected chi connectivity index (χ1v) is 9.29. The van der Waals surface area contributed by atoms with Crippen LogP contribution in [0.15, 0.2) is 41.8 Å². The van der Waals surface area contributed by atoms with Crippen LogP contribution in [0.4, 0.5) is 5.69 Å². The molecule has 0 saturated carbocycles. The van der Waals surface area contributed by atoms with E-state index in [2.05, 4.69) is 6.07 Å². The molecule has 4 nitrogen and oxygen atoms in total. The van der Waals surface area contributed by atoms with E-state index < -0.39 is 0 Å². The highest BCUT2D eigenvalue weighted by Gasteiger charge is 2.16. The molecule has 0 atom stereocenters. The van der Waals surface area contributed by atoms with E-state index in [0.717, 1.165) is 43.7 Å². The molecule has 2 aromatic rings. The van der Waals surface area contributed by atoms with E-state index in [0.29, 0.717) is 13.0 Å². The lowest BCUT2D eigenvalue weighted by Crippen LogP contribution is -2.29. The summed E-state index contributed by atoms with van der Waals surface area (Å²) in [7, 11) is 1.64. The zero-order valence-electron chi connectivity index (χ0n) is 14.2. The minimum Gasteiger partial charge on any atom is -0.497 e. The molecule has 1 aromatic heterocycles. The van der Waals surface area contributed by atoms with E-state index >= 15 is 0 Å². The highest BCUT2D eigenvalue weighted by molar-refractivity contribution is 7.09. The summed E-state index contributed by atoms with van der Waals surface area (Å²) < 4.78 is 5.21. The van der Waals surface area contributed by atoms with Crippen molar-refractivity contribution in [2.24, 2.45) is 5.73 Å². The molecule has 0 saturated heterocycles. The van der Waals surface area contributed by atoms with Gasteiger partial charge in [0.2, 0.25) is 5.91 Å². The van der Waals surface area contributed by atoms with Gasteiger partial charge in [0.15, 0.2) is 0 Å². The number of benzene rings is 1. The number of nitrogens with zero attached hydrogens (tertiary/aromatic N) is 1. The van der Waals surface area contributed by atoms with Crippen LogP contribution < -0.4 is 15.4 Å². The summed E-state index contributed by atoms with van der Waals surface area (Å²) in [6, 6.07) is 11.8. The molecule has 24 heavy (non-hydrogen) atoms. The fraction of sp³-hybridized carbons (Fsp3) is 0.421. The van der Waals surface area contributed by atoms with E-state index in [4.69, 9.17) is 10.5 Å². The fourth-order valence-corrected chi connectivity index (χ4v) is 3.25. The Bertz CT molecular complexity index is 596. The number of hydrogen-bond acceptors (Lipinski definition) is 4. The standard InChI is InChI=1S/C19H26N2O2S/c1-23-17-11-9-16(10-12-17)21(15-18-7-6-14-24-18)19(22)8-4-2-3-5-13-20/h6-7,9-12,14H,2-5,8,13,15,20H2,1H3. The molecule has 0 spiro atoms. The number of ether oxygens (including phenoxy) is 1. The number of methoxy groups -OCH3 is 1. The van der Waals surface area contributed by atoms with Gasteiger partial charge in [-0.2, -0.15) is 0 Å². The number of nitrogens with two attached hydrogens (primary N) is 1. The van der Waals surface area contributed by atoms with Crippen molar-refractivity contribution >= 4 is 22.9 Å². The average molecular weight is 346 g/mol. The molecule has 1 amide bonds. The lowest BCUT2D eigenvalue weighted by molar-refractivity contribution is -0.118. The summed E-state index contributed by atoms with van der Waals surface area (Å²) >= 11 is 1.67. The van der Waals surface area contributed by atoms with Gasteiger partial charge < -0.3 is 15.4 Å². The Kier molecular flexibility index (Phi) is 7.79. The van der Waals surface area contributed by atoms with E-state index in [-0.39, 0.29) is 5.91 Å². The van der Waals surface area contributed by atoms with E-state index in [1.54, 1.807) is 18.4 Å². The third kappa shape index (κ3) is 5.65. The topological polar surface area (TPSA) is 55.6 Å². The number of carbonyl (C=O) groups excluding carboxylic acids is 1. The zero-order chi connectivity index (χ0) is 17.2. The van der Waals surface area contributed by atoms with E-state index in [1.165, 1.54) is 4.88 Å². The predicted molar refractivity (Wildman–Crippen MR) is 101 cm³/mol. The van der Waals surface area contributed by atoms with Crippen molar-refractivity contribution in [3.8, 4) is 5.75 Å². The highest BCUT2D eigenvalue weighted by Crippen LogP contribution is 2.24. The van der Waals surface area contributed by atoms with E-state index in [1.807, 2.05) is 40.6 Å². The fourth-order valence-electron chi connectivity index (χ4n) is 2.55. The molecule has 0 radical (unpaired) electrons. The van der Waals surface area contributed by atoms with Crippen LogP contribution in [0.3, 0.4) is 0 Å². The van der Waals surface area contributed by atoms with Crippen molar-refractivity contribution in [2.45, 2.75) is 38.6 Å². The molecule has 0 fully saturated rings. The molecule has 0 aliphatic heterocycles. The molecular weight excluding hydrogens is 320 g/mol. The second-order valence-electron chi connectivity index (χ2n) is 5.71. The number of hydrogen-bond donors (Lipinski definition) is 1. The summed E-state index contributed by atoms with van der Waals surface area (Å²) in [5.74, 6) is 0.963. The molecule has 0 unspecified atom stereocenters. The quantitative estimate of drug-likeness (QED) is 0.656. The van der Waals surface area contributed by atoms with Crippen LogP contribution in [0, 0.1) is 0 Å². The van der Waals surface area contributed by atoms with Gasteiger partial charge in [-0.1, -0.05) is 18.9 Å². The van der Waals surface area contributed by atoms with Gasteiger partial charge >= 0.3 is 0 Å². The zero-order valence-corrected chi connectivity index (χ0v) is 15.1. The second kappa shape index (κ2) is 10.1. The van der Waals surface area contributed by atoms with Gasteiger partial charge in [-0.25, -0.2) is 0 Å². The van der Waals surface area contributed by atoms with Crippen LogP contribution in [-0.2, 0) is 11.3 Å². The highest BCUT2D eigenvalue weighted by atomic mass is 32.1. The van der Waals surface area contributed by atoms with Crippen LogP contribution in [-0.4, -0.2) is 19.6 Å². The minimum atomic E-state index is 0.168. The number of carbonyl (C=O) groups is 1. The summed E-state index contributed by atoms with van der Waals surface area (Å²) in [6.07, 6.45) is 4.67. The Morgan fingerprint density at radius 2 is 1.88 bits per heavy atom. The van der Waals surface area contributed by atoms with Crippen molar-refractivity contribution in [3.05, 3.63) is 46.7 Å². The summed E-state index contributed by atoms with van der Waals surface area (Å²) in [5.41, 5.74) is 6.42. The van der Waals surface area contributed by atoms with Gasteiger partial charge in [0, 0.05) is 17.0 Å². The SMILES string of the molecule is COc1ccc(N(Cc2cccs2)C(=O)CCCCCCN)cc1. The first kappa shape index (κ1) is 18.5. The number of rotatable bonds is 10. The van der Waals surface area contributed by atoms with Gasteiger partial charge in [-0.3, -0.25) is 4.79 Å². The maximum Gasteiger partial charge on any atom is 0.227 e. The first-order chi connectivity index (χ1) is 11.7. The Hall–Kier alpha value is -1.85. The molecule has 0 aliphatic rings. The average Bonchev–Trinajstić information content (AvgIpc) is 3.13. The van der Waals surface area contributed by atoms with Crippen molar-refractivity contribution in [3.63, 3.8) is 0 Å². The van der Waals surface area contributed by atoms with Crippen LogP contribution in [0.1, 0.15) is 37.0 Å². The smallest absolute Gasteiger partial charge is 0.227 e. The number of thiophene rings is 1. The Balaban J connectivity index is 2.02. The Morgan fingerprint density at radius 3 is 2.50 bits per heavy atom. The normalized spacial score (nSPS) is 10.6. The third-order valence-corrected chi connectivity index (χ3v) is 4.79. The summed E-state index contributed by atoms with van der Waals surface area (Å²) in [4.78, 5) is 15.8. The van der Waals surface area contributed by atoms with Crippen LogP contribution >= 0.6 is 11.3 Å². The molecule has 1 aromatic carbocycles.